The van der Waals surface area contributed by atoms with Crippen LogP contribution in [0.4, 0.5) is 0 Å². The van der Waals surface area contributed by atoms with Gasteiger partial charge in [-0.15, -0.1) is 0 Å². The van der Waals surface area contributed by atoms with Crippen LogP contribution in [0.5, 0.6) is 0 Å². The minimum atomic E-state index is 0.258. The normalized spacial score (nSPS) is 12.6. The number of hydrogen-bond acceptors (Lipinski definition) is 2. The molecule has 0 spiro atoms. The van der Waals surface area contributed by atoms with Gasteiger partial charge in [0.25, 0.3) is 0 Å². The van der Waals surface area contributed by atoms with Crippen LogP contribution in [-0.2, 0) is 0 Å². The summed E-state index contributed by atoms with van der Waals surface area (Å²) in [6, 6.07) is 49.4. The molecule has 0 saturated heterocycles. The average Bonchev–Trinajstić information content (AvgIpc) is 3.06. The molecule has 0 unspecified atom stereocenters. The molecule has 230 valence electrons. The summed E-state index contributed by atoms with van der Waals surface area (Å²) in [6.07, 6.45) is 0. The minimum absolute atomic E-state index is 0.258. The first-order valence-electron chi connectivity index (χ1n) is 16.1. The van der Waals surface area contributed by atoms with Gasteiger partial charge in [0, 0.05) is 10.5 Å². The van der Waals surface area contributed by atoms with E-state index in [4.69, 9.17) is 0 Å². The highest BCUT2D eigenvalue weighted by molar-refractivity contribution is 8.76. The molecule has 0 fully saturated rings. The molecule has 6 rings (SSSR count). The van der Waals surface area contributed by atoms with Gasteiger partial charge in [0.1, 0.15) is 0 Å². The Hall–Kier alpha value is -3.98. The Labute approximate surface area is 283 Å². The van der Waals surface area contributed by atoms with Crippen LogP contribution in [0.3, 0.4) is 0 Å². The highest BCUT2D eigenvalue weighted by Gasteiger charge is 2.23. The first-order chi connectivity index (χ1) is 22.3. The molecule has 2 atom stereocenters. The highest BCUT2D eigenvalue weighted by Crippen LogP contribution is 2.52. The zero-order valence-corrected chi connectivity index (χ0v) is 29.3. The summed E-state index contributed by atoms with van der Waals surface area (Å²) >= 11 is 0. The summed E-state index contributed by atoms with van der Waals surface area (Å²) in [5, 5.41) is 0.515. The monoisotopic (exact) mass is 634 g/mol. The van der Waals surface area contributed by atoms with Crippen LogP contribution in [-0.4, -0.2) is 0 Å². The molecule has 6 aromatic carbocycles. The standard InChI is InChI=1S/C44H42S2/c1-29-13-7-17-35(25-29)39-21-11-22-40(36-18-8-14-30(2)26-36)43(39)33(5)45-46-34(6)44-41(37-19-9-15-31(3)27-37)23-12-24-42(44)38-20-10-16-32(4)28-38/h7-28,33-34H,1-6H3/t33-,34-/m1/s1. The van der Waals surface area contributed by atoms with Crippen LogP contribution in [0.25, 0.3) is 44.5 Å². The van der Waals surface area contributed by atoms with Gasteiger partial charge in [-0.25, -0.2) is 0 Å². The number of rotatable bonds is 9. The van der Waals surface area contributed by atoms with Gasteiger partial charge in [0.05, 0.1) is 0 Å². The lowest BCUT2D eigenvalue weighted by Gasteiger charge is -2.24. The smallest absolute Gasteiger partial charge is 0.0385 e. The molecule has 0 aliphatic rings. The molecule has 0 aliphatic carbocycles. The molecular weight excluding hydrogens is 593 g/mol. The van der Waals surface area contributed by atoms with Crippen molar-refractivity contribution in [2.24, 2.45) is 0 Å². The van der Waals surface area contributed by atoms with E-state index < -0.39 is 0 Å². The van der Waals surface area contributed by atoms with E-state index in [1.54, 1.807) is 0 Å². The van der Waals surface area contributed by atoms with Gasteiger partial charge >= 0.3 is 0 Å². The number of aryl methyl sites for hydroxylation is 4. The largest absolute Gasteiger partial charge is 0.0855 e. The molecule has 0 aromatic heterocycles. The van der Waals surface area contributed by atoms with Crippen molar-refractivity contribution in [3.05, 3.63) is 167 Å². The molecule has 0 radical (unpaired) electrons. The molecular formula is C44H42S2. The minimum Gasteiger partial charge on any atom is -0.0855 e. The quantitative estimate of drug-likeness (QED) is 0.145. The summed E-state index contributed by atoms with van der Waals surface area (Å²) in [4.78, 5) is 0. The second-order valence-electron chi connectivity index (χ2n) is 12.5. The Bertz CT molecular complexity index is 1710. The van der Waals surface area contributed by atoms with Crippen LogP contribution < -0.4 is 0 Å². The van der Waals surface area contributed by atoms with Crippen molar-refractivity contribution in [1.29, 1.82) is 0 Å². The Morgan fingerprint density at radius 2 is 0.587 bits per heavy atom. The molecule has 0 heterocycles. The molecule has 6 aromatic rings. The zero-order chi connectivity index (χ0) is 32.2. The average molecular weight is 635 g/mol. The predicted molar refractivity (Wildman–Crippen MR) is 206 cm³/mol. The highest BCUT2D eigenvalue weighted by atomic mass is 33.1. The van der Waals surface area contributed by atoms with Crippen LogP contribution in [0, 0.1) is 27.7 Å². The molecule has 0 bridgehead atoms. The molecule has 0 amide bonds. The van der Waals surface area contributed by atoms with Crippen molar-refractivity contribution < 1.29 is 0 Å². The molecule has 2 heteroatoms. The number of benzene rings is 6. The third-order valence-electron chi connectivity index (χ3n) is 8.69. The molecule has 0 N–H and O–H groups in total. The third-order valence-corrected chi connectivity index (χ3v) is 11.9. The first kappa shape index (κ1) is 32.0. The van der Waals surface area contributed by atoms with E-state index in [0.29, 0.717) is 0 Å². The summed E-state index contributed by atoms with van der Waals surface area (Å²) < 4.78 is 0. The van der Waals surface area contributed by atoms with E-state index in [2.05, 4.69) is 175 Å². The van der Waals surface area contributed by atoms with Crippen molar-refractivity contribution in [2.75, 3.05) is 0 Å². The van der Waals surface area contributed by atoms with Crippen LogP contribution in [0.2, 0.25) is 0 Å². The van der Waals surface area contributed by atoms with Gasteiger partial charge in [0.15, 0.2) is 0 Å². The molecule has 46 heavy (non-hydrogen) atoms. The van der Waals surface area contributed by atoms with Crippen LogP contribution in [0.1, 0.15) is 57.7 Å². The SMILES string of the molecule is Cc1cccc(-c2cccc(-c3cccc(C)c3)c2[C@@H](C)SS[C@H](C)c2c(-c3cccc(C)c3)cccc2-c2cccc(C)c2)c1. The van der Waals surface area contributed by atoms with Gasteiger partial charge in [-0.2, -0.15) is 0 Å². The Morgan fingerprint density at radius 1 is 0.348 bits per heavy atom. The maximum absolute atomic E-state index is 2.38. The van der Waals surface area contributed by atoms with E-state index in [9.17, 15) is 0 Å². The van der Waals surface area contributed by atoms with Gasteiger partial charge < -0.3 is 0 Å². The number of hydrogen-bond donors (Lipinski definition) is 0. The van der Waals surface area contributed by atoms with E-state index >= 15 is 0 Å². The summed E-state index contributed by atoms with van der Waals surface area (Å²) in [7, 11) is 3.98. The fraction of sp³-hybridized carbons (Fsp3) is 0.182. The first-order valence-corrected chi connectivity index (χ1v) is 18.4. The third kappa shape index (κ3) is 7.04. The lowest BCUT2D eigenvalue weighted by atomic mass is 9.89. The maximum Gasteiger partial charge on any atom is 0.0385 e. The van der Waals surface area contributed by atoms with Crippen molar-refractivity contribution in [1.82, 2.24) is 0 Å². The molecule has 0 saturated carbocycles. The van der Waals surface area contributed by atoms with Crippen LogP contribution >= 0.6 is 21.6 Å². The Morgan fingerprint density at radius 3 is 0.826 bits per heavy atom. The van der Waals surface area contributed by atoms with Gasteiger partial charge in [-0.1, -0.05) is 177 Å². The topological polar surface area (TPSA) is 0 Å². The lowest BCUT2D eigenvalue weighted by Crippen LogP contribution is -1.99. The predicted octanol–water partition coefficient (Wildman–Crippen LogP) is 13.8. The van der Waals surface area contributed by atoms with Gasteiger partial charge in [-0.3, -0.25) is 0 Å². The van der Waals surface area contributed by atoms with Crippen LogP contribution in [0.15, 0.2) is 133 Å². The summed E-state index contributed by atoms with van der Waals surface area (Å²) in [5.74, 6) is 0. The summed E-state index contributed by atoms with van der Waals surface area (Å²) in [6.45, 7) is 13.5. The van der Waals surface area contributed by atoms with Crippen molar-refractivity contribution in [3.63, 3.8) is 0 Å². The summed E-state index contributed by atoms with van der Waals surface area (Å²) in [5.41, 5.74) is 18.3. The maximum atomic E-state index is 2.38. The van der Waals surface area contributed by atoms with Crippen molar-refractivity contribution in [2.45, 2.75) is 52.0 Å². The Kier molecular flexibility index (Phi) is 9.87. The molecule has 0 nitrogen and oxygen atoms in total. The van der Waals surface area contributed by atoms with Gasteiger partial charge in [-0.05, 0) is 97.2 Å². The lowest BCUT2D eigenvalue weighted by molar-refractivity contribution is 1.10. The second kappa shape index (κ2) is 14.2. The fourth-order valence-corrected chi connectivity index (χ4v) is 9.14. The molecule has 0 aliphatic heterocycles. The van der Waals surface area contributed by atoms with Crippen molar-refractivity contribution >= 4 is 21.6 Å². The zero-order valence-electron chi connectivity index (χ0n) is 27.7. The second-order valence-corrected chi connectivity index (χ2v) is 15.4. The van der Waals surface area contributed by atoms with E-state index in [-0.39, 0.29) is 10.5 Å². The van der Waals surface area contributed by atoms with E-state index in [0.717, 1.165) is 0 Å². The van der Waals surface area contributed by atoms with Crippen molar-refractivity contribution in [3.8, 4) is 44.5 Å². The van der Waals surface area contributed by atoms with Gasteiger partial charge in [0.2, 0.25) is 0 Å². The van der Waals surface area contributed by atoms with E-state index in [1.165, 1.54) is 77.9 Å². The fourth-order valence-electron chi connectivity index (χ4n) is 6.53. The Balaban J connectivity index is 1.41. The van der Waals surface area contributed by atoms with E-state index in [1.807, 2.05) is 21.6 Å².